The van der Waals surface area contributed by atoms with Crippen LogP contribution in [0.4, 0.5) is 0 Å². The third-order valence-corrected chi connectivity index (χ3v) is 7.54. The highest BCUT2D eigenvalue weighted by molar-refractivity contribution is 6.30. The smallest absolute Gasteiger partial charge is 0.266 e. The summed E-state index contributed by atoms with van der Waals surface area (Å²) in [5.41, 5.74) is 3.52. The Kier molecular flexibility index (Phi) is 4.47. The molecule has 0 amide bonds. The molecule has 0 aliphatic carbocycles. The average Bonchev–Trinajstić information content (AvgIpc) is 3.35. The van der Waals surface area contributed by atoms with Crippen molar-refractivity contribution in [1.82, 2.24) is 18.9 Å². The monoisotopic (exact) mass is 523 g/mol. The molecular formula is C28H15Cl2N5O2. The van der Waals surface area contributed by atoms with Crippen molar-refractivity contribution in [2.45, 2.75) is 12.3 Å². The summed E-state index contributed by atoms with van der Waals surface area (Å²) in [5.74, 6) is 0.660. The van der Waals surface area contributed by atoms with Crippen LogP contribution in [0.2, 0.25) is 5.02 Å². The molecule has 37 heavy (non-hydrogen) atoms. The zero-order valence-electron chi connectivity index (χ0n) is 19.2. The van der Waals surface area contributed by atoms with Gasteiger partial charge in [-0.15, -0.1) is 4.20 Å². The van der Waals surface area contributed by atoms with Crippen LogP contribution in [0.25, 0.3) is 27.7 Å². The summed E-state index contributed by atoms with van der Waals surface area (Å²) in [6, 6.07) is 22.8. The van der Waals surface area contributed by atoms with E-state index in [2.05, 4.69) is 11.2 Å². The van der Waals surface area contributed by atoms with Crippen LogP contribution in [-0.2, 0) is 5.41 Å². The van der Waals surface area contributed by atoms with Gasteiger partial charge in [-0.1, -0.05) is 41.9 Å². The third-order valence-electron chi connectivity index (χ3n) is 7.08. The van der Waals surface area contributed by atoms with Crippen LogP contribution in [0.5, 0.6) is 5.88 Å². The number of para-hydroxylation sites is 1. The van der Waals surface area contributed by atoms with E-state index in [1.165, 1.54) is 6.26 Å². The molecule has 0 radical (unpaired) electrons. The quantitative estimate of drug-likeness (QED) is 0.283. The van der Waals surface area contributed by atoms with Crippen LogP contribution >= 0.6 is 23.4 Å². The Balaban J connectivity index is 1.69. The van der Waals surface area contributed by atoms with Crippen LogP contribution in [0.1, 0.15) is 22.6 Å². The Morgan fingerprint density at radius 3 is 2.68 bits per heavy atom. The summed E-state index contributed by atoms with van der Waals surface area (Å²) in [6.07, 6.45) is 1.37. The highest BCUT2D eigenvalue weighted by Crippen LogP contribution is 2.56. The highest BCUT2D eigenvalue weighted by Gasteiger charge is 2.56. The molecule has 2 aliphatic heterocycles. The maximum absolute atomic E-state index is 13.9. The van der Waals surface area contributed by atoms with Crippen molar-refractivity contribution in [3.8, 4) is 28.8 Å². The Morgan fingerprint density at radius 1 is 1.05 bits per heavy atom. The van der Waals surface area contributed by atoms with Gasteiger partial charge >= 0.3 is 0 Å². The average molecular weight is 524 g/mol. The molecule has 178 valence electrons. The third kappa shape index (κ3) is 2.74. The van der Waals surface area contributed by atoms with Gasteiger partial charge in [0.15, 0.2) is 0 Å². The van der Waals surface area contributed by atoms with Gasteiger partial charge in [0.05, 0.1) is 39.5 Å². The summed E-state index contributed by atoms with van der Waals surface area (Å²) in [4.78, 5) is 18.9. The predicted molar refractivity (Wildman–Crippen MR) is 140 cm³/mol. The van der Waals surface area contributed by atoms with E-state index in [-0.39, 0.29) is 17.0 Å². The lowest BCUT2D eigenvalue weighted by Crippen LogP contribution is -2.36. The van der Waals surface area contributed by atoms with E-state index < -0.39 is 5.41 Å². The molecule has 0 N–H and O–H groups in total. The van der Waals surface area contributed by atoms with E-state index >= 15 is 0 Å². The topological polar surface area (TPSA) is 85.7 Å². The molecule has 2 aliphatic rings. The van der Waals surface area contributed by atoms with E-state index in [0.29, 0.717) is 44.3 Å². The van der Waals surface area contributed by atoms with Crippen LogP contribution in [0, 0.1) is 18.3 Å². The van der Waals surface area contributed by atoms with Gasteiger partial charge in [0, 0.05) is 22.4 Å². The maximum Gasteiger partial charge on any atom is 0.266 e. The zero-order chi connectivity index (χ0) is 25.5. The number of nitrogens with zero attached hydrogens (tertiary/aromatic N) is 5. The van der Waals surface area contributed by atoms with Crippen LogP contribution in [-0.4, -0.2) is 18.9 Å². The number of nitriles is 1. The van der Waals surface area contributed by atoms with Crippen LogP contribution in [0.3, 0.4) is 0 Å². The fraction of sp³-hybridized carbons (Fsp3) is 0.0714. The summed E-state index contributed by atoms with van der Waals surface area (Å²) in [5, 5.41) is 15.9. The number of halogens is 2. The minimum Gasteiger partial charge on any atom is -0.444 e. The fourth-order valence-electron chi connectivity index (χ4n) is 5.58. The molecule has 1 spiro atoms. The molecule has 4 heterocycles. The molecule has 3 aromatic carbocycles. The number of ether oxygens (including phenoxy) is 1. The minimum absolute atomic E-state index is 0.226. The number of aromatic nitrogens is 4. The molecule has 0 unspecified atom stereocenters. The summed E-state index contributed by atoms with van der Waals surface area (Å²) >= 11 is 12.7. The first-order valence-corrected chi connectivity index (χ1v) is 12.1. The second kappa shape index (κ2) is 7.56. The van der Waals surface area contributed by atoms with Crippen LogP contribution in [0.15, 0.2) is 83.4 Å². The second-order valence-electron chi connectivity index (χ2n) is 8.97. The summed E-state index contributed by atoms with van der Waals surface area (Å²) in [6.45, 7) is 1.80. The highest BCUT2D eigenvalue weighted by atomic mass is 35.5. The van der Waals surface area contributed by atoms with Crippen molar-refractivity contribution in [2.24, 2.45) is 0 Å². The van der Waals surface area contributed by atoms with Gasteiger partial charge in [-0.25, -0.2) is 4.98 Å². The summed E-state index contributed by atoms with van der Waals surface area (Å²) in [7, 11) is 0. The van der Waals surface area contributed by atoms with Gasteiger partial charge in [0.25, 0.3) is 5.56 Å². The number of allylic oxidation sites excluding steroid dienone is 1. The molecule has 0 bridgehead atoms. The van der Waals surface area contributed by atoms with Gasteiger partial charge < -0.3 is 4.74 Å². The summed E-state index contributed by atoms with van der Waals surface area (Å²) < 4.78 is 8.51. The Bertz CT molecular complexity index is 1950. The lowest BCUT2D eigenvalue weighted by atomic mass is 9.68. The minimum atomic E-state index is -1.27. The van der Waals surface area contributed by atoms with E-state index in [1.807, 2.05) is 48.5 Å². The fourth-order valence-corrected chi connectivity index (χ4v) is 6.00. The maximum atomic E-state index is 13.9. The van der Waals surface area contributed by atoms with E-state index in [1.54, 1.807) is 29.7 Å². The molecule has 9 heteroatoms. The van der Waals surface area contributed by atoms with Gasteiger partial charge in [-0.3, -0.25) is 9.36 Å². The number of aryl methyl sites for hydroxylation is 1. The number of hydrogen-bond acceptors (Lipinski definition) is 5. The zero-order valence-corrected chi connectivity index (χ0v) is 20.7. The van der Waals surface area contributed by atoms with Gasteiger partial charge in [0.1, 0.15) is 17.5 Å². The van der Waals surface area contributed by atoms with Crippen molar-refractivity contribution in [3.05, 3.63) is 117 Å². The van der Waals surface area contributed by atoms with Gasteiger partial charge in [-0.05, 0) is 54.4 Å². The molecule has 7 nitrogen and oxygen atoms in total. The lowest BCUT2D eigenvalue weighted by Gasteiger charge is -2.32. The first kappa shape index (κ1) is 21.9. The Morgan fingerprint density at radius 2 is 1.86 bits per heavy atom. The number of benzene rings is 3. The number of rotatable bonds is 1. The van der Waals surface area contributed by atoms with Crippen molar-refractivity contribution in [2.75, 3.05) is 0 Å². The number of fused-ring (bicyclic) bond motifs is 8. The van der Waals surface area contributed by atoms with Crippen molar-refractivity contribution >= 4 is 34.3 Å². The molecule has 2 aromatic heterocycles. The second-order valence-corrected chi connectivity index (χ2v) is 9.73. The van der Waals surface area contributed by atoms with Gasteiger partial charge in [0.2, 0.25) is 5.88 Å². The van der Waals surface area contributed by atoms with Gasteiger partial charge in [-0.2, -0.15) is 10.4 Å². The molecule has 0 saturated carbocycles. The normalized spacial score (nSPS) is 17.1. The van der Waals surface area contributed by atoms with Crippen molar-refractivity contribution < 1.29 is 4.74 Å². The van der Waals surface area contributed by atoms with Crippen molar-refractivity contribution in [3.63, 3.8) is 0 Å². The van der Waals surface area contributed by atoms with E-state index in [0.717, 1.165) is 15.3 Å². The van der Waals surface area contributed by atoms with E-state index in [9.17, 15) is 10.1 Å². The largest absolute Gasteiger partial charge is 0.444 e. The first-order valence-electron chi connectivity index (χ1n) is 11.4. The molecule has 0 fully saturated rings. The number of hydrogen-bond donors (Lipinski definition) is 0. The first-order chi connectivity index (χ1) is 17.9. The molecule has 5 aromatic rings. The molecule has 1 atom stereocenters. The van der Waals surface area contributed by atoms with E-state index in [4.69, 9.17) is 33.1 Å². The van der Waals surface area contributed by atoms with Crippen LogP contribution < -0.4 is 10.3 Å². The molecular weight excluding hydrogens is 509 g/mol. The standard InChI is InChI=1S/C28H15Cl2N5O2/c1-15-24-26(35(30)33-15)37-14-18(13-31)28(24)21-12-17(16-5-4-6-19(29)11-16)9-10-23(21)34-25(36)20-7-2-3-8-22(20)32-27(28)34/h2-12,14H,1H3/t28-/m1/s1. The predicted octanol–water partition coefficient (Wildman–Crippen LogP) is 5.66. The Labute approximate surface area is 220 Å². The lowest BCUT2D eigenvalue weighted by molar-refractivity contribution is 0.412. The van der Waals surface area contributed by atoms with Crippen molar-refractivity contribution in [1.29, 1.82) is 5.26 Å². The SMILES string of the molecule is Cc1nn(Cl)c2c1[C@@]1(C(C#N)=CO2)c2cc(-c3cccc(Cl)c3)ccc2-n2c1nc1ccccc1c2=O. The molecule has 7 rings (SSSR count). The molecule has 0 saturated heterocycles. The Hall–Kier alpha value is -4.38.